The summed E-state index contributed by atoms with van der Waals surface area (Å²) < 4.78 is 41.6. The van der Waals surface area contributed by atoms with Crippen LogP contribution in [0.15, 0.2) is 11.1 Å². The maximum atomic E-state index is 13.1. The fraction of sp³-hybridized carbons (Fsp3) is 0.750. The van der Waals surface area contributed by atoms with Crippen molar-refractivity contribution >= 4 is 35.8 Å². The van der Waals surface area contributed by atoms with Crippen molar-refractivity contribution in [2.45, 2.75) is 130 Å². The monoisotopic (exact) mass is 652 g/mol. The molecule has 1 aliphatic heterocycles. The van der Waals surface area contributed by atoms with Crippen LogP contribution in [0.25, 0.3) is 0 Å². The molecule has 0 amide bonds. The van der Waals surface area contributed by atoms with E-state index in [1.54, 1.807) is 27.7 Å². The highest BCUT2D eigenvalue weighted by atomic mass is 16.6. The van der Waals surface area contributed by atoms with Crippen LogP contribution in [0.1, 0.15) is 82.1 Å². The van der Waals surface area contributed by atoms with Gasteiger partial charge in [0.15, 0.2) is 17.8 Å². The molecule has 3 aliphatic carbocycles. The van der Waals surface area contributed by atoms with Gasteiger partial charge in [0, 0.05) is 59.8 Å². The lowest BCUT2D eigenvalue weighted by Gasteiger charge is -2.69. The van der Waals surface area contributed by atoms with E-state index in [1.165, 1.54) is 20.8 Å². The predicted molar refractivity (Wildman–Crippen MR) is 154 cm³/mol. The van der Waals surface area contributed by atoms with Crippen molar-refractivity contribution in [1.82, 2.24) is 0 Å². The summed E-state index contributed by atoms with van der Waals surface area (Å²) in [5, 5.41) is 13.1. The van der Waals surface area contributed by atoms with Gasteiger partial charge in [0.05, 0.1) is 17.9 Å². The van der Waals surface area contributed by atoms with E-state index in [0.29, 0.717) is 5.57 Å². The van der Waals surface area contributed by atoms with Crippen molar-refractivity contribution < 1.29 is 67.0 Å². The van der Waals surface area contributed by atoms with Crippen LogP contribution in [0.5, 0.6) is 0 Å². The second kappa shape index (κ2) is 11.9. The Morgan fingerprint density at radius 1 is 0.739 bits per heavy atom. The summed E-state index contributed by atoms with van der Waals surface area (Å²) >= 11 is 0. The molecule has 4 aliphatic rings. The number of rotatable bonds is 6. The first-order chi connectivity index (χ1) is 21.1. The number of hydrogen-bond donors (Lipinski definition) is 1. The highest BCUT2D eigenvalue weighted by molar-refractivity contribution is 5.70. The number of fused-ring (bicyclic) bond motifs is 5. The smallest absolute Gasteiger partial charge is 0.303 e. The summed E-state index contributed by atoms with van der Waals surface area (Å²) in [7, 11) is 0. The van der Waals surface area contributed by atoms with E-state index in [4.69, 9.17) is 33.2 Å². The molecule has 4 rings (SSSR count). The van der Waals surface area contributed by atoms with Crippen LogP contribution in [0, 0.1) is 16.7 Å². The van der Waals surface area contributed by atoms with Gasteiger partial charge in [0.25, 0.3) is 0 Å². The number of esters is 6. The number of aliphatic hydroxyl groups is 1. The van der Waals surface area contributed by atoms with Gasteiger partial charge in [0.2, 0.25) is 0 Å². The molecule has 1 saturated heterocycles. The van der Waals surface area contributed by atoms with Gasteiger partial charge in [-0.3, -0.25) is 28.8 Å². The molecule has 1 heterocycles. The Kier molecular flexibility index (Phi) is 9.16. The van der Waals surface area contributed by atoms with E-state index in [0.717, 1.165) is 20.8 Å². The molecule has 1 N–H and O–H groups in total. The van der Waals surface area contributed by atoms with Gasteiger partial charge in [0.1, 0.15) is 30.0 Å². The van der Waals surface area contributed by atoms with E-state index in [1.807, 2.05) is 0 Å². The average Bonchev–Trinajstić information content (AvgIpc) is 2.87. The van der Waals surface area contributed by atoms with Gasteiger partial charge >= 0.3 is 35.8 Å². The fourth-order valence-corrected chi connectivity index (χ4v) is 8.58. The fourth-order valence-electron chi connectivity index (χ4n) is 8.58. The van der Waals surface area contributed by atoms with Crippen LogP contribution < -0.4 is 0 Å². The van der Waals surface area contributed by atoms with Crippen LogP contribution in [0.3, 0.4) is 0 Å². The van der Waals surface area contributed by atoms with Gasteiger partial charge in [-0.2, -0.15) is 0 Å². The van der Waals surface area contributed by atoms with Gasteiger partial charge in [-0.15, -0.1) is 0 Å². The van der Waals surface area contributed by atoms with Crippen molar-refractivity contribution in [3.05, 3.63) is 11.1 Å². The van der Waals surface area contributed by atoms with Crippen molar-refractivity contribution in [3.63, 3.8) is 0 Å². The Bertz CT molecular complexity index is 1370. The summed E-state index contributed by atoms with van der Waals surface area (Å²) in [5.74, 6) is -5.77. The largest absolute Gasteiger partial charge is 0.462 e. The molecule has 3 fully saturated rings. The predicted octanol–water partition coefficient (Wildman–Crippen LogP) is 1.86. The first-order valence-corrected chi connectivity index (χ1v) is 15.2. The normalized spacial score (nSPS) is 39.1. The zero-order valence-electron chi connectivity index (χ0n) is 27.9. The zero-order chi connectivity index (χ0) is 34.7. The lowest BCUT2D eigenvalue weighted by Crippen LogP contribution is -2.82. The molecule has 0 radical (unpaired) electrons. The van der Waals surface area contributed by atoms with Crippen LogP contribution >= 0.6 is 0 Å². The summed E-state index contributed by atoms with van der Waals surface area (Å²) in [4.78, 5) is 76.5. The maximum absolute atomic E-state index is 13.1. The third-order valence-corrected chi connectivity index (χ3v) is 10.3. The lowest BCUT2D eigenvalue weighted by atomic mass is 9.44. The Hall–Kier alpha value is -3.52. The maximum Gasteiger partial charge on any atom is 0.303 e. The molecule has 46 heavy (non-hydrogen) atoms. The molecule has 14 nitrogen and oxygen atoms in total. The first kappa shape index (κ1) is 35.3. The van der Waals surface area contributed by atoms with Crippen molar-refractivity contribution in [2.24, 2.45) is 16.7 Å². The van der Waals surface area contributed by atoms with Crippen LogP contribution in [-0.4, -0.2) is 95.4 Å². The molecule has 256 valence electrons. The minimum atomic E-state index is -2.12. The van der Waals surface area contributed by atoms with Crippen molar-refractivity contribution in [3.8, 4) is 0 Å². The van der Waals surface area contributed by atoms with Crippen LogP contribution in [-0.2, 0) is 61.9 Å². The molecule has 2 bridgehead atoms. The molecular weight excluding hydrogens is 608 g/mol. The van der Waals surface area contributed by atoms with Crippen molar-refractivity contribution in [1.29, 1.82) is 0 Å². The standard InChI is InChI=1S/C32H44O14/c1-14-21(41-15(2)33)12-32(39)28(45-19(6)37)26-30(10,22(42-16(3)34)11-23-31(26,13-40-23)46-20(7)38)27(44-18(5)36)25(43-17(4)35)24(14)29(32,8)9/h21-23,25-28,39H,11-13H2,1-10H3/t21-,22-,23+,25+,26+,27+,28-,30+,31-,32+/m0/s1. The highest BCUT2D eigenvalue weighted by Crippen LogP contribution is 2.66. The second-order valence-corrected chi connectivity index (χ2v) is 13.6. The SMILES string of the molecule is CC(=O)O[C@H]1C[C@@]2(O)[C@@H](OC(C)=O)[C@H]3[C@]4(OC(C)=O)CO[C@@H]4C[C@H](OC(C)=O)[C@@]3(C)[C@H](OC(C)=O)[C@H](OC(C)=O)C(=C1C)C2(C)C. The van der Waals surface area contributed by atoms with Crippen LogP contribution in [0.4, 0.5) is 0 Å². The number of carbonyl (C=O) groups excluding carboxylic acids is 6. The molecule has 14 heteroatoms. The van der Waals surface area contributed by atoms with E-state index in [2.05, 4.69) is 0 Å². The Labute approximate surface area is 267 Å². The third kappa shape index (κ3) is 5.46. The summed E-state index contributed by atoms with van der Waals surface area (Å²) in [6.45, 7) is 13.4. The molecular formula is C32H44O14. The molecule has 0 aromatic carbocycles. The van der Waals surface area contributed by atoms with Gasteiger partial charge in [-0.25, -0.2) is 0 Å². The Morgan fingerprint density at radius 3 is 1.72 bits per heavy atom. The number of carbonyl (C=O) groups is 6. The summed E-state index contributed by atoms with van der Waals surface area (Å²) in [5.41, 5.74) is -6.19. The molecule has 0 aromatic heterocycles. The summed E-state index contributed by atoms with van der Waals surface area (Å²) in [6.07, 6.45) is -8.02. The van der Waals surface area contributed by atoms with E-state index in [-0.39, 0.29) is 25.0 Å². The molecule has 0 spiro atoms. The Morgan fingerprint density at radius 2 is 1.26 bits per heavy atom. The Balaban J connectivity index is 2.23. The summed E-state index contributed by atoms with van der Waals surface area (Å²) in [6, 6.07) is 0. The van der Waals surface area contributed by atoms with Crippen molar-refractivity contribution in [2.75, 3.05) is 6.61 Å². The topological polar surface area (TPSA) is 187 Å². The van der Waals surface area contributed by atoms with Gasteiger partial charge in [-0.1, -0.05) is 20.8 Å². The van der Waals surface area contributed by atoms with E-state index >= 15 is 0 Å². The number of ether oxygens (including phenoxy) is 7. The molecule has 0 aromatic rings. The minimum absolute atomic E-state index is 0.0485. The van der Waals surface area contributed by atoms with Crippen LogP contribution in [0.2, 0.25) is 0 Å². The van der Waals surface area contributed by atoms with E-state index < -0.39 is 100 Å². The molecule has 0 unspecified atom stereocenters. The average molecular weight is 653 g/mol. The highest BCUT2D eigenvalue weighted by Gasteiger charge is 2.79. The van der Waals surface area contributed by atoms with Gasteiger partial charge in [-0.05, 0) is 18.1 Å². The molecule has 2 saturated carbocycles. The minimum Gasteiger partial charge on any atom is -0.462 e. The third-order valence-electron chi connectivity index (χ3n) is 10.3. The van der Waals surface area contributed by atoms with Gasteiger partial charge < -0.3 is 38.3 Å². The number of hydrogen-bond acceptors (Lipinski definition) is 14. The quantitative estimate of drug-likeness (QED) is 0.249. The lowest BCUT2D eigenvalue weighted by molar-refractivity contribution is -0.366. The van der Waals surface area contributed by atoms with E-state index in [9.17, 15) is 33.9 Å². The first-order valence-electron chi connectivity index (χ1n) is 15.2. The molecule has 10 atom stereocenters. The second-order valence-electron chi connectivity index (χ2n) is 13.6. The zero-order valence-corrected chi connectivity index (χ0v) is 27.9.